The molecule has 0 rings (SSSR count). The summed E-state index contributed by atoms with van der Waals surface area (Å²) in [6.07, 6.45) is 22.3. The van der Waals surface area contributed by atoms with Crippen LogP contribution in [0.25, 0.3) is 0 Å². The molecule has 0 aliphatic heterocycles. The summed E-state index contributed by atoms with van der Waals surface area (Å²) in [5.41, 5.74) is 5.49. The van der Waals surface area contributed by atoms with Crippen LogP contribution in [-0.2, 0) is 4.74 Å². The first-order valence-electron chi connectivity index (χ1n) is 9.61. The third-order valence-corrected chi connectivity index (χ3v) is 4.30. The number of methoxy groups -OCH3 is 1. The average molecular weight is 300 g/mol. The highest BCUT2D eigenvalue weighted by molar-refractivity contribution is 4.50. The summed E-state index contributed by atoms with van der Waals surface area (Å²) >= 11 is 0. The van der Waals surface area contributed by atoms with Gasteiger partial charge in [0.25, 0.3) is 0 Å². The van der Waals surface area contributed by atoms with Crippen LogP contribution in [0.1, 0.15) is 103 Å². The molecule has 0 aromatic carbocycles. The molecule has 0 atom stereocenters. The molecular formula is C19H41NO. The van der Waals surface area contributed by atoms with Crippen LogP contribution in [0.4, 0.5) is 0 Å². The van der Waals surface area contributed by atoms with Gasteiger partial charge in [0.05, 0.1) is 0 Å². The Morgan fingerprint density at radius 1 is 0.476 bits per heavy atom. The van der Waals surface area contributed by atoms with E-state index in [0.29, 0.717) is 0 Å². The normalized spacial score (nSPS) is 11.1. The SMILES string of the molecule is COCCCCCCCCCCCCCCCCCCN. The van der Waals surface area contributed by atoms with E-state index in [9.17, 15) is 0 Å². The van der Waals surface area contributed by atoms with Crippen LogP contribution in [0.3, 0.4) is 0 Å². The van der Waals surface area contributed by atoms with Crippen molar-refractivity contribution in [1.82, 2.24) is 0 Å². The molecule has 0 amide bonds. The van der Waals surface area contributed by atoms with Crippen LogP contribution in [-0.4, -0.2) is 20.3 Å². The number of hydrogen-bond donors (Lipinski definition) is 1. The van der Waals surface area contributed by atoms with Gasteiger partial charge in [0.1, 0.15) is 0 Å². The van der Waals surface area contributed by atoms with Crippen LogP contribution in [0.5, 0.6) is 0 Å². The molecular weight excluding hydrogens is 258 g/mol. The summed E-state index contributed by atoms with van der Waals surface area (Å²) < 4.78 is 5.06. The van der Waals surface area contributed by atoms with Crippen molar-refractivity contribution in [3.05, 3.63) is 0 Å². The van der Waals surface area contributed by atoms with E-state index in [1.807, 2.05) is 0 Å². The molecule has 0 radical (unpaired) electrons. The lowest BCUT2D eigenvalue weighted by atomic mass is 10.0. The van der Waals surface area contributed by atoms with Crippen molar-refractivity contribution < 1.29 is 4.74 Å². The van der Waals surface area contributed by atoms with Crippen LogP contribution in [0.2, 0.25) is 0 Å². The van der Waals surface area contributed by atoms with Crippen molar-refractivity contribution in [1.29, 1.82) is 0 Å². The summed E-state index contributed by atoms with van der Waals surface area (Å²) in [5.74, 6) is 0. The van der Waals surface area contributed by atoms with E-state index in [1.54, 1.807) is 7.11 Å². The second-order valence-corrected chi connectivity index (χ2v) is 6.44. The van der Waals surface area contributed by atoms with Gasteiger partial charge in [0.15, 0.2) is 0 Å². The van der Waals surface area contributed by atoms with E-state index in [0.717, 1.165) is 13.2 Å². The molecule has 128 valence electrons. The lowest BCUT2D eigenvalue weighted by molar-refractivity contribution is 0.192. The molecule has 0 aliphatic carbocycles. The lowest BCUT2D eigenvalue weighted by Crippen LogP contribution is -1.97. The smallest absolute Gasteiger partial charge is 0.0462 e. The van der Waals surface area contributed by atoms with Crippen LogP contribution >= 0.6 is 0 Å². The van der Waals surface area contributed by atoms with Crippen molar-refractivity contribution in [3.63, 3.8) is 0 Å². The Kier molecular flexibility index (Phi) is 19.8. The summed E-state index contributed by atoms with van der Waals surface area (Å²) in [6.45, 7) is 1.81. The fraction of sp³-hybridized carbons (Fsp3) is 1.00. The third-order valence-electron chi connectivity index (χ3n) is 4.30. The van der Waals surface area contributed by atoms with Gasteiger partial charge in [-0.15, -0.1) is 0 Å². The number of rotatable bonds is 18. The molecule has 0 bridgehead atoms. The first-order valence-corrected chi connectivity index (χ1v) is 9.61. The summed E-state index contributed by atoms with van der Waals surface area (Å²) in [7, 11) is 1.79. The Labute approximate surface area is 134 Å². The maximum atomic E-state index is 5.49. The molecule has 2 heteroatoms. The van der Waals surface area contributed by atoms with Gasteiger partial charge in [0.2, 0.25) is 0 Å². The van der Waals surface area contributed by atoms with Crippen LogP contribution in [0, 0.1) is 0 Å². The Hall–Kier alpha value is -0.0800. The maximum Gasteiger partial charge on any atom is 0.0462 e. The zero-order valence-electron chi connectivity index (χ0n) is 14.7. The van der Waals surface area contributed by atoms with Crippen molar-refractivity contribution in [2.45, 2.75) is 103 Å². The highest BCUT2D eigenvalue weighted by Gasteiger charge is 1.94. The molecule has 0 saturated carbocycles. The van der Waals surface area contributed by atoms with Crippen molar-refractivity contribution in [2.75, 3.05) is 20.3 Å². The lowest BCUT2D eigenvalue weighted by Gasteiger charge is -2.03. The van der Waals surface area contributed by atoms with Gasteiger partial charge in [-0.1, -0.05) is 89.9 Å². The number of ether oxygens (including phenoxy) is 1. The maximum absolute atomic E-state index is 5.49. The Bertz CT molecular complexity index is 155. The van der Waals surface area contributed by atoms with E-state index in [2.05, 4.69) is 0 Å². The minimum Gasteiger partial charge on any atom is -0.385 e. The molecule has 0 spiro atoms. The minimum atomic E-state index is 0.868. The quantitative estimate of drug-likeness (QED) is 0.323. The molecule has 0 heterocycles. The number of nitrogens with two attached hydrogens (primary N) is 1. The van der Waals surface area contributed by atoms with Crippen molar-refractivity contribution in [3.8, 4) is 0 Å². The predicted molar refractivity (Wildman–Crippen MR) is 94.8 cm³/mol. The summed E-state index contributed by atoms with van der Waals surface area (Å²) in [4.78, 5) is 0. The van der Waals surface area contributed by atoms with Crippen molar-refractivity contribution in [2.24, 2.45) is 5.73 Å². The standard InChI is InChI=1S/C19H41NO/c1-21-19-17-15-13-11-9-7-5-3-2-4-6-8-10-12-14-16-18-20/h2-20H2,1H3. The molecule has 2 N–H and O–H groups in total. The highest BCUT2D eigenvalue weighted by atomic mass is 16.5. The molecule has 0 aromatic rings. The molecule has 0 saturated heterocycles. The summed E-state index contributed by atoms with van der Waals surface area (Å²) in [5, 5.41) is 0. The topological polar surface area (TPSA) is 35.2 Å². The van der Waals surface area contributed by atoms with Gasteiger partial charge in [-0.3, -0.25) is 0 Å². The first kappa shape index (κ1) is 20.9. The average Bonchev–Trinajstić information content (AvgIpc) is 2.50. The molecule has 0 aromatic heterocycles. The molecule has 21 heavy (non-hydrogen) atoms. The van der Waals surface area contributed by atoms with Gasteiger partial charge in [-0.25, -0.2) is 0 Å². The van der Waals surface area contributed by atoms with Gasteiger partial charge >= 0.3 is 0 Å². The van der Waals surface area contributed by atoms with Gasteiger partial charge < -0.3 is 10.5 Å². The monoisotopic (exact) mass is 299 g/mol. The third kappa shape index (κ3) is 19.9. The van der Waals surface area contributed by atoms with E-state index >= 15 is 0 Å². The fourth-order valence-electron chi connectivity index (χ4n) is 2.87. The molecule has 0 fully saturated rings. The summed E-state index contributed by atoms with van der Waals surface area (Å²) in [6, 6.07) is 0. The van der Waals surface area contributed by atoms with Crippen LogP contribution in [0.15, 0.2) is 0 Å². The van der Waals surface area contributed by atoms with E-state index < -0.39 is 0 Å². The highest BCUT2D eigenvalue weighted by Crippen LogP contribution is 2.13. The molecule has 0 aliphatic rings. The Morgan fingerprint density at radius 2 is 0.762 bits per heavy atom. The zero-order valence-corrected chi connectivity index (χ0v) is 14.7. The van der Waals surface area contributed by atoms with E-state index in [1.165, 1.54) is 103 Å². The second-order valence-electron chi connectivity index (χ2n) is 6.44. The van der Waals surface area contributed by atoms with Gasteiger partial charge in [0, 0.05) is 13.7 Å². The number of hydrogen-bond acceptors (Lipinski definition) is 2. The van der Waals surface area contributed by atoms with Crippen molar-refractivity contribution >= 4 is 0 Å². The first-order chi connectivity index (χ1) is 10.4. The predicted octanol–water partition coefficient (Wildman–Crippen LogP) is 5.83. The second kappa shape index (κ2) is 19.9. The van der Waals surface area contributed by atoms with E-state index in [-0.39, 0.29) is 0 Å². The molecule has 2 nitrogen and oxygen atoms in total. The molecule has 0 unspecified atom stereocenters. The van der Waals surface area contributed by atoms with Gasteiger partial charge in [-0.2, -0.15) is 0 Å². The zero-order chi connectivity index (χ0) is 15.4. The number of unbranched alkanes of at least 4 members (excludes halogenated alkanes) is 15. The minimum absolute atomic E-state index is 0.868. The Balaban J connectivity index is 2.90. The van der Waals surface area contributed by atoms with Crippen LogP contribution < -0.4 is 5.73 Å². The largest absolute Gasteiger partial charge is 0.385 e. The Morgan fingerprint density at radius 3 is 1.05 bits per heavy atom. The van der Waals surface area contributed by atoms with Gasteiger partial charge in [-0.05, 0) is 19.4 Å². The fourth-order valence-corrected chi connectivity index (χ4v) is 2.87. The van der Waals surface area contributed by atoms with E-state index in [4.69, 9.17) is 10.5 Å².